The molecular weight excluding hydrogens is 134 g/mol. The lowest BCUT2D eigenvalue weighted by Gasteiger charge is -1.97. The maximum Gasteiger partial charge on any atom is 0.0410 e. The Morgan fingerprint density at radius 3 is 3.00 bits per heavy atom. The molecule has 0 saturated carbocycles. The van der Waals surface area contributed by atoms with Crippen molar-refractivity contribution in [2.24, 2.45) is 0 Å². The average Bonchev–Trinajstić information content (AvgIpc) is 1.92. The van der Waals surface area contributed by atoms with Gasteiger partial charge in [0, 0.05) is 14.8 Å². The van der Waals surface area contributed by atoms with Gasteiger partial charge in [0.2, 0.25) is 0 Å². The summed E-state index contributed by atoms with van der Waals surface area (Å²) < 4.78 is 21.3. The molecule has 0 bridgehead atoms. The van der Waals surface area contributed by atoms with Gasteiger partial charge in [-0.25, -0.2) is 0 Å². The van der Waals surface area contributed by atoms with Gasteiger partial charge in [0.05, 0.1) is 0 Å². The van der Waals surface area contributed by atoms with E-state index in [1.54, 1.807) is 6.07 Å². The van der Waals surface area contributed by atoms with Crippen LogP contribution in [0.3, 0.4) is 0 Å². The first-order valence-electron chi connectivity index (χ1n) is 3.97. The molecule has 0 unspecified atom stereocenters. The average molecular weight is 145 g/mol. The molecule has 0 spiro atoms. The topological polar surface area (TPSA) is 26.0 Å². The highest BCUT2D eigenvalue weighted by molar-refractivity contribution is 6.30. The molecule has 0 saturated heterocycles. The van der Waals surface area contributed by atoms with Crippen LogP contribution in [0.5, 0.6) is 0 Å². The number of nitrogens with two attached hydrogens (primary N) is 1. The quantitative estimate of drug-likeness (QED) is 0.556. The molecule has 9 heavy (non-hydrogen) atoms. The van der Waals surface area contributed by atoms with Gasteiger partial charge in [-0.15, -0.1) is 0 Å². The highest BCUT2D eigenvalue weighted by atomic mass is 35.5. The third-order valence-electron chi connectivity index (χ3n) is 1.02. The van der Waals surface area contributed by atoms with Gasteiger partial charge >= 0.3 is 0 Å². The van der Waals surface area contributed by atoms with E-state index in [-0.39, 0.29) is 11.3 Å². The second-order valence-electron chi connectivity index (χ2n) is 1.73. The van der Waals surface area contributed by atoms with Crippen molar-refractivity contribution in [3.63, 3.8) is 0 Å². The van der Waals surface area contributed by atoms with E-state index in [9.17, 15) is 0 Å². The molecule has 0 fully saturated rings. The van der Waals surface area contributed by atoms with Crippen molar-refractivity contribution < 1.29 is 4.11 Å². The molecule has 0 amide bonds. The molecule has 0 aliphatic rings. The minimum Gasteiger partial charge on any atom is -0.399 e. The zero-order valence-electron chi connectivity index (χ0n) is 7.69. The summed E-state index contributed by atoms with van der Waals surface area (Å²) in [6.45, 7) is -2.19. The van der Waals surface area contributed by atoms with E-state index in [0.29, 0.717) is 5.02 Å². The SMILES string of the molecule is [2H]C([2H])([2H])c1cc(Cl)ccc1N. The molecule has 48 valence electrons. The fourth-order valence-electron chi connectivity index (χ4n) is 0.529. The highest BCUT2D eigenvalue weighted by Crippen LogP contribution is 2.15. The molecule has 0 aliphatic heterocycles. The van der Waals surface area contributed by atoms with Crippen LogP contribution < -0.4 is 5.73 Å². The monoisotopic (exact) mass is 144 g/mol. The largest absolute Gasteiger partial charge is 0.399 e. The third-order valence-corrected chi connectivity index (χ3v) is 1.25. The predicted molar refractivity (Wildman–Crippen MR) is 40.6 cm³/mol. The van der Waals surface area contributed by atoms with Gasteiger partial charge in [-0.05, 0) is 30.6 Å². The van der Waals surface area contributed by atoms with Crippen LogP contribution in [0.1, 0.15) is 9.68 Å². The Bertz CT molecular complexity index is 295. The Hall–Kier alpha value is -0.690. The summed E-state index contributed by atoms with van der Waals surface area (Å²) in [4.78, 5) is 0. The fraction of sp³-hybridized carbons (Fsp3) is 0.143. The van der Waals surface area contributed by atoms with Gasteiger partial charge in [0.25, 0.3) is 0 Å². The zero-order valence-corrected chi connectivity index (χ0v) is 5.44. The lowest BCUT2D eigenvalue weighted by Crippen LogP contribution is -1.87. The van der Waals surface area contributed by atoms with E-state index >= 15 is 0 Å². The standard InChI is InChI=1S/C7H8ClN/c1-5-4-6(8)2-3-7(5)9/h2-4H,9H2,1H3/i1D3. The maximum atomic E-state index is 7.11. The molecule has 0 aliphatic carbocycles. The number of benzene rings is 1. The van der Waals surface area contributed by atoms with Crippen LogP contribution in [0.15, 0.2) is 18.2 Å². The normalized spacial score (nSPS) is 15.9. The first-order valence-corrected chi connectivity index (χ1v) is 2.84. The lowest BCUT2D eigenvalue weighted by molar-refractivity contribution is 1.47. The van der Waals surface area contributed by atoms with E-state index in [0.717, 1.165) is 0 Å². The van der Waals surface area contributed by atoms with Crippen LogP contribution in [0.4, 0.5) is 5.69 Å². The Labute approximate surface area is 63.7 Å². The number of rotatable bonds is 0. The lowest BCUT2D eigenvalue weighted by atomic mass is 10.2. The van der Waals surface area contributed by atoms with Crippen LogP contribution >= 0.6 is 11.6 Å². The van der Waals surface area contributed by atoms with Crippen molar-refractivity contribution >= 4 is 17.3 Å². The summed E-state index contributed by atoms with van der Waals surface area (Å²) in [5.74, 6) is 0. The second-order valence-corrected chi connectivity index (χ2v) is 2.17. The van der Waals surface area contributed by atoms with Crippen molar-refractivity contribution in [1.82, 2.24) is 0 Å². The molecule has 0 radical (unpaired) electrons. The predicted octanol–water partition coefficient (Wildman–Crippen LogP) is 2.23. The van der Waals surface area contributed by atoms with Gasteiger partial charge in [0.1, 0.15) is 0 Å². The summed E-state index contributed by atoms with van der Waals surface area (Å²) >= 11 is 5.62. The summed E-state index contributed by atoms with van der Waals surface area (Å²) in [7, 11) is 0. The smallest absolute Gasteiger partial charge is 0.0410 e. The van der Waals surface area contributed by atoms with Crippen LogP contribution in [0.2, 0.25) is 5.02 Å². The number of anilines is 1. The number of hydrogen-bond acceptors (Lipinski definition) is 1. The summed E-state index contributed by atoms with van der Waals surface area (Å²) in [5, 5.41) is 0.385. The maximum absolute atomic E-state index is 7.11. The first kappa shape index (κ1) is 3.47. The Morgan fingerprint density at radius 2 is 2.44 bits per heavy atom. The van der Waals surface area contributed by atoms with E-state index in [4.69, 9.17) is 21.4 Å². The van der Waals surface area contributed by atoms with E-state index < -0.39 is 6.85 Å². The molecule has 1 rings (SSSR count). The molecular formula is C7H8ClN. The first-order chi connectivity index (χ1) is 5.41. The van der Waals surface area contributed by atoms with Crippen molar-refractivity contribution in [1.29, 1.82) is 0 Å². The Kier molecular flexibility index (Phi) is 0.878. The zero-order chi connectivity index (χ0) is 9.35. The summed E-state index contributed by atoms with van der Waals surface area (Å²) in [5.41, 5.74) is 5.81. The highest BCUT2D eigenvalue weighted by Gasteiger charge is 1.91. The molecule has 1 nitrogen and oxygen atoms in total. The van der Waals surface area contributed by atoms with Gasteiger partial charge in [0.15, 0.2) is 0 Å². The van der Waals surface area contributed by atoms with Gasteiger partial charge in [-0.1, -0.05) is 11.6 Å². The van der Waals surface area contributed by atoms with Gasteiger partial charge in [-0.2, -0.15) is 0 Å². The van der Waals surface area contributed by atoms with E-state index in [1.165, 1.54) is 12.1 Å². The molecule has 0 aromatic heterocycles. The fourth-order valence-corrected chi connectivity index (χ4v) is 0.701. The Balaban J connectivity index is 3.23. The minimum absolute atomic E-state index is 0.106. The number of hydrogen-bond donors (Lipinski definition) is 1. The van der Waals surface area contributed by atoms with Crippen molar-refractivity contribution in [2.75, 3.05) is 5.73 Å². The third kappa shape index (κ3) is 1.36. The summed E-state index contributed by atoms with van der Waals surface area (Å²) in [6.07, 6.45) is 0. The number of nitrogen functional groups attached to an aromatic ring is 1. The minimum atomic E-state index is -2.19. The Morgan fingerprint density at radius 1 is 1.67 bits per heavy atom. The van der Waals surface area contributed by atoms with Crippen molar-refractivity contribution in [2.45, 2.75) is 6.85 Å². The van der Waals surface area contributed by atoms with Crippen LogP contribution in [-0.2, 0) is 0 Å². The number of aryl methyl sites for hydroxylation is 1. The van der Waals surface area contributed by atoms with Crippen LogP contribution in [0.25, 0.3) is 0 Å². The summed E-state index contributed by atoms with van der Waals surface area (Å²) in [6, 6.07) is 4.42. The van der Waals surface area contributed by atoms with Gasteiger partial charge < -0.3 is 5.73 Å². The van der Waals surface area contributed by atoms with Gasteiger partial charge in [-0.3, -0.25) is 0 Å². The van der Waals surface area contributed by atoms with Crippen LogP contribution in [0, 0.1) is 6.85 Å². The second kappa shape index (κ2) is 2.28. The van der Waals surface area contributed by atoms with Crippen LogP contribution in [-0.4, -0.2) is 0 Å². The van der Waals surface area contributed by atoms with Crippen molar-refractivity contribution in [3.8, 4) is 0 Å². The molecule has 2 heteroatoms. The number of halogens is 1. The molecule has 1 aromatic rings. The van der Waals surface area contributed by atoms with E-state index in [1.807, 2.05) is 0 Å². The van der Waals surface area contributed by atoms with Crippen molar-refractivity contribution in [3.05, 3.63) is 28.8 Å². The molecule has 0 heterocycles. The molecule has 2 N–H and O–H groups in total. The molecule has 1 aromatic carbocycles. The van der Waals surface area contributed by atoms with E-state index in [2.05, 4.69) is 0 Å². The molecule has 0 atom stereocenters.